The Morgan fingerprint density at radius 1 is 1.64 bits per heavy atom. The number of β-lactam (4-membered cyclic amide) rings is 1. The summed E-state index contributed by atoms with van der Waals surface area (Å²) in [6, 6.07) is 0. The third-order valence-corrected chi connectivity index (χ3v) is 3.17. The molecule has 0 radical (unpaired) electrons. The highest BCUT2D eigenvalue weighted by molar-refractivity contribution is 8.00. The normalized spacial score (nSPS) is 23.3. The molecule has 1 aromatic rings. The maximum Gasteiger partial charge on any atom is 0.230 e. The standard InChI is InChI=1S/C6H7NOS.C3H4N2/c8-5-4-6-7(5)2-1-3-9-6;1-2-5-3-4-1/h1-2,6H,3-4H2;1-3H,(H,4,5)/t6-;/m1./s1. The van der Waals surface area contributed by atoms with E-state index in [1.807, 2.05) is 24.0 Å². The first kappa shape index (κ1) is 9.33. The second kappa shape index (κ2) is 4.32. The molecule has 5 heteroatoms. The topological polar surface area (TPSA) is 49.0 Å². The fourth-order valence-electron chi connectivity index (χ4n) is 1.26. The molecule has 0 unspecified atom stereocenters. The summed E-state index contributed by atoms with van der Waals surface area (Å²) in [6.45, 7) is 0. The van der Waals surface area contributed by atoms with Crippen LogP contribution in [0, 0.1) is 0 Å². The van der Waals surface area contributed by atoms with E-state index in [1.54, 1.807) is 23.6 Å². The lowest BCUT2D eigenvalue weighted by Crippen LogP contribution is -2.48. The lowest BCUT2D eigenvalue weighted by molar-refractivity contribution is -0.137. The molecule has 74 valence electrons. The summed E-state index contributed by atoms with van der Waals surface area (Å²) in [4.78, 5) is 18.9. The van der Waals surface area contributed by atoms with Crippen LogP contribution in [0.5, 0.6) is 0 Å². The first-order chi connectivity index (χ1) is 6.88. The number of hydrogen-bond acceptors (Lipinski definition) is 3. The molecule has 3 rings (SSSR count). The zero-order chi connectivity index (χ0) is 9.80. The number of hydrogen-bond donors (Lipinski definition) is 1. The average Bonchev–Trinajstić information content (AvgIpc) is 2.74. The fraction of sp³-hybridized carbons (Fsp3) is 0.333. The summed E-state index contributed by atoms with van der Waals surface area (Å²) in [5, 5.41) is 0.475. The molecule has 2 aliphatic heterocycles. The summed E-state index contributed by atoms with van der Waals surface area (Å²) >= 11 is 1.84. The summed E-state index contributed by atoms with van der Waals surface area (Å²) < 4.78 is 0. The molecule has 2 aliphatic rings. The number of imidazole rings is 1. The molecule has 4 nitrogen and oxygen atoms in total. The van der Waals surface area contributed by atoms with Gasteiger partial charge in [0.15, 0.2) is 0 Å². The van der Waals surface area contributed by atoms with E-state index in [4.69, 9.17) is 0 Å². The predicted molar refractivity (Wildman–Crippen MR) is 55.4 cm³/mol. The minimum absolute atomic E-state index is 0.267. The zero-order valence-electron chi connectivity index (χ0n) is 7.59. The largest absolute Gasteiger partial charge is 0.351 e. The van der Waals surface area contributed by atoms with Gasteiger partial charge < -0.3 is 9.88 Å². The van der Waals surface area contributed by atoms with Gasteiger partial charge in [-0.25, -0.2) is 4.98 Å². The van der Waals surface area contributed by atoms with Crippen LogP contribution in [0.15, 0.2) is 31.0 Å². The third-order valence-electron chi connectivity index (χ3n) is 2.00. The van der Waals surface area contributed by atoms with Crippen LogP contribution in [0.2, 0.25) is 0 Å². The number of nitrogens with zero attached hydrogens (tertiary/aromatic N) is 2. The maximum absolute atomic E-state index is 10.7. The van der Waals surface area contributed by atoms with Crippen LogP contribution in [0.1, 0.15) is 6.42 Å². The van der Waals surface area contributed by atoms with E-state index in [2.05, 4.69) is 9.97 Å². The first-order valence-electron chi connectivity index (χ1n) is 4.40. The number of amides is 1. The molecule has 14 heavy (non-hydrogen) atoms. The predicted octanol–water partition coefficient (Wildman–Crippen LogP) is 1.21. The number of aromatic amines is 1. The van der Waals surface area contributed by atoms with Crippen molar-refractivity contribution in [3.8, 4) is 0 Å². The number of nitrogens with one attached hydrogen (secondary N) is 1. The lowest BCUT2D eigenvalue weighted by Gasteiger charge is -2.39. The Hall–Kier alpha value is -1.23. The zero-order valence-corrected chi connectivity index (χ0v) is 8.41. The summed E-state index contributed by atoms with van der Waals surface area (Å²) in [5.74, 6) is 1.33. The van der Waals surface area contributed by atoms with E-state index in [0.29, 0.717) is 5.37 Å². The lowest BCUT2D eigenvalue weighted by atomic mass is 10.2. The van der Waals surface area contributed by atoms with Crippen LogP contribution in [-0.4, -0.2) is 31.9 Å². The van der Waals surface area contributed by atoms with E-state index in [-0.39, 0.29) is 5.91 Å². The van der Waals surface area contributed by atoms with Crippen LogP contribution >= 0.6 is 11.8 Å². The molecule has 1 amide bonds. The highest BCUT2D eigenvalue weighted by atomic mass is 32.2. The summed E-state index contributed by atoms with van der Waals surface area (Å²) in [6.07, 6.45) is 9.75. The Labute approximate surface area is 86.4 Å². The Morgan fingerprint density at radius 2 is 2.57 bits per heavy atom. The Kier molecular flexibility index (Phi) is 2.88. The van der Waals surface area contributed by atoms with Gasteiger partial charge in [-0.1, -0.05) is 6.08 Å². The van der Waals surface area contributed by atoms with Crippen molar-refractivity contribution in [1.29, 1.82) is 0 Å². The third kappa shape index (κ3) is 1.98. The van der Waals surface area contributed by atoms with Crippen molar-refractivity contribution in [3.05, 3.63) is 31.0 Å². The van der Waals surface area contributed by atoms with Gasteiger partial charge in [-0.05, 0) is 0 Å². The quantitative estimate of drug-likeness (QED) is 0.653. The number of H-pyrrole nitrogens is 1. The highest BCUT2D eigenvalue weighted by Gasteiger charge is 2.35. The molecule has 1 N–H and O–H groups in total. The summed E-state index contributed by atoms with van der Waals surface area (Å²) in [7, 11) is 0. The molecular formula is C9H11N3OS. The molecule has 0 bridgehead atoms. The maximum atomic E-state index is 10.7. The van der Waals surface area contributed by atoms with Crippen LogP contribution in [-0.2, 0) is 4.79 Å². The molecule has 1 aromatic heterocycles. The van der Waals surface area contributed by atoms with Crippen molar-refractivity contribution >= 4 is 17.7 Å². The summed E-state index contributed by atoms with van der Waals surface area (Å²) in [5.41, 5.74) is 0. The van der Waals surface area contributed by atoms with E-state index in [9.17, 15) is 4.79 Å². The Balaban J connectivity index is 0.000000128. The van der Waals surface area contributed by atoms with Gasteiger partial charge in [0.05, 0.1) is 18.1 Å². The number of aromatic nitrogens is 2. The molecule has 0 aromatic carbocycles. The second-order valence-corrected chi connectivity index (χ2v) is 4.15. The van der Waals surface area contributed by atoms with Crippen LogP contribution < -0.4 is 0 Å². The van der Waals surface area contributed by atoms with Gasteiger partial charge in [0, 0.05) is 24.3 Å². The van der Waals surface area contributed by atoms with Crippen molar-refractivity contribution in [2.24, 2.45) is 0 Å². The highest BCUT2D eigenvalue weighted by Crippen LogP contribution is 2.32. The number of carbonyl (C=O) groups excluding carboxylic acids is 1. The monoisotopic (exact) mass is 209 g/mol. The number of rotatable bonds is 0. The van der Waals surface area contributed by atoms with Crippen molar-refractivity contribution < 1.29 is 4.79 Å². The molecule has 1 atom stereocenters. The van der Waals surface area contributed by atoms with Crippen molar-refractivity contribution in [3.63, 3.8) is 0 Å². The Morgan fingerprint density at radius 3 is 3.00 bits per heavy atom. The van der Waals surface area contributed by atoms with Crippen molar-refractivity contribution in [2.75, 3.05) is 5.75 Å². The minimum atomic E-state index is 0.267. The van der Waals surface area contributed by atoms with Crippen LogP contribution in [0.4, 0.5) is 0 Å². The van der Waals surface area contributed by atoms with Crippen LogP contribution in [0.3, 0.4) is 0 Å². The van der Waals surface area contributed by atoms with Gasteiger partial charge in [-0.2, -0.15) is 0 Å². The number of thioether (sulfide) groups is 1. The molecule has 1 saturated heterocycles. The van der Waals surface area contributed by atoms with Crippen LogP contribution in [0.25, 0.3) is 0 Å². The minimum Gasteiger partial charge on any atom is -0.351 e. The van der Waals surface area contributed by atoms with Gasteiger partial charge in [-0.15, -0.1) is 11.8 Å². The molecular weight excluding hydrogens is 198 g/mol. The van der Waals surface area contributed by atoms with Gasteiger partial charge in [0.2, 0.25) is 5.91 Å². The average molecular weight is 209 g/mol. The Bertz CT molecular complexity index is 306. The molecule has 0 spiro atoms. The van der Waals surface area contributed by atoms with E-state index < -0.39 is 0 Å². The smallest absolute Gasteiger partial charge is 0.230 e. The molecule has 3 heterocycles. The molecule has 0 aliphatic carbocycles. The second-order valence-electron chi connectivity index (χ2n) is 2.94. The molecule has 0 saturated carbocycles. The SMILES string of the molecule is O=C1C[C@H]2SCC=CN12.c1c[nH]cn1. The fourth-order valence-corrected chi connectivity index (χ4v) is 2.29. The number of carbonyl (C=O) groups is 1. The van der Waals surface area contributed by atoms with E-state index >= 15 is 0 Å². The van der Waals surface area contributed by atoms with Gasteiger partial charge >= 0.3 is 0 Å². The van der Waals surface area contributed by atoms with Crippen molar-refractivity contribution in [1.82, 2.24) is 14.9 Å². The van der Waals surface area contributed by atoms with Gasteiger partial charge in [0.25, 0.3) is 0 Å². The van der Waals surface area contributed by atoms with Crippen molar-refractivity contribution in [2.45, 2.75) is 11.8 Å². The van der Waals surface area contributed by atoms with E-state index in [1.165, 1.54) is 0 Å². The van der Waals surface area contributed by atoms with Gasteiger partial charge in [0.1, 0.15) is 0 Å². The van der Waals surface area contributed by atoms with Gasteiger partial charge in [-0.3, -0.25) is 4.79 Å². The molecule has 1 fully saturated rings. The first-order valence-corrected chi connectivity index (χ1v) is 5.45. The number of fused-ring (bicyclic) bond motifs is 1. The van der Waals surface area contributed by atoms with E-state index in [0.717, 1.165) is 12.2 Å².